The van der Waals surface area contributed by atoms with E-state index in [-0.39, 0.29) is 0 Å². The first-order chi connectivity index (χ1) is 12.3. The summed E-state index contributed by atoms with van der Waals surface area (Å²) in [5, 5.41) is 9.90. The number of aromatic nitrogens is 1. The second-order valence-corrected chi connectivity index (χ2v) is 6.72. The summed E-state index contributed by atoms with van der Waals surface area (Å²) in [7, 11) is 0. The lowest BCUT2D eigenvalue weighted by atomic mass is 10.1. The highest BCUT2D eigenvalue weighted by Crippen LogP contribution is 2.24. The Hall–Kier alpha value is -1.61. The summed E-state index contributed by atoms with van der Waals surface area (Å²) in [5.41, 5.74) is 2.16. The SMILES string of the molecule is CCOc1cccc2ccc(CCCCCCCCCCCO)nc12. The number of aliphatic hydroxyl groups excluding tert-OH is 1. The van der Waals surface area contributed by atoms with E-state index >= 15 is 0 Å². The number of hydrogen-bond donors (Lipinski definition) is 1. The summed E-state index contributed by atoms with van der Waals surface area (Å²) < 4.78 is 5.70. The van der Waals surface area contributed by atoms with E-state index in [4.69, 9.17) is 14.8 Å². The van der Waals surface area contributed by atoms with Crippen molar-refractivity contribution in [3.05, 3.63) is 36.0 Å². The molecule has 2 rings (SSSR count). The number of aryl methyl sites for hydroxylation is 1. The Morgan fingerprint density at radius 3 is 2.20 bits per heavy atom. The lowest BCUT2D eigenvalue weighted by Crippen LogP contribution is -1.96. The van der Waals surface area contributed by atoms with E-state index in [0.29, 0.717) is 13.2 Å². The van der Waals surface area contributed by atoms with E-state index in [0.717, 1.165) is 29.5 Å². The third-order valence-corrected chi connectivity index (χ3v) is 4.63. The number of hydrogen-bond acceptors (Lipinski definition) is 3. The smallest absolute Gasteiger partial charge is 0.145 e. The van der Waals surface area contributed by atoms with Gasteiger partial charge >= 0.3 is 0 Å². The summed E-state index contributed by atoms with van der Waals surface area (Å²) in [6, 6.07) is 10.4. The molecule has 0 radical (unpaired) electrons. The monoisotopic (exact) mass is 343 g/mol. The number of aliphatic hydroxyl groups is 1. The number of fused-ring (bicyclic) bond motifs is 1. The normalized spacial score (nSPS) is 11.1. The lowest BCUT2D eigenvalue weighted by molar-refractivity contribution is 0.282. The van der Waals surface area contributed by atoms with Crippen LogP contribution in [0.2, 0.25) is 0 Å². The molecule has 0 saturated carbocycles. The summed E-state index contributed by atoms with van der Waals surface area (Å²) >= 11 is 0. The van der Waals surface area contributed by atoms with Crippen LogP contribution in [0.3, 0.4) is 0 Å². The predicted octanol–water partition coefficient (Wildman–Crippen LogP) is 5.68. The number of benzene rings is 1. The van der Waals surface area contributed by atoms with Crippen LogP contribution >= 0.6 is 0 Å². The molecule has 2 aromatic rings. The largest absolute Gasteiger partial charge is 0.492 e. The van der Waals surface area contributed by atoms with Crippen molar-refractivity contribution in [2.45, 2.75) is 71.1 Å². The number of nitrogens with zero attached hydrogens (tertiary/aromatic N) is 1. The van der Waals surface area contributed by atoms with Gasteiger partial charge in [0.05, 0.1) is 6.61 Å². The third-order valence-electron chi connectivity index (χ3n) is 4.63. The molecule has 1 aromatic carbocycles. The zero-order chi connectivity index (χ0) is 17.7. The van der Waals surface area contributed by atoms with Gasteiger partial charge in [0, 0.05) is 17.7 Å². The fraction of sp³-hybridized carbons (Fsp3) is 0.591. The van der Waals surface area contributed by atoms with Gasteiger partial charge in [0.15, 0.2) is 0 Å². The molecule has 0 amide bonds. The highest BCUT2D eigenvalue weighted by Gasteiger charge is 2.04. The maximum Gasteiger partial charge on any atom is 0.145 e. The topological polar surface area (TPSA) is 42.4 Å². The molecule has 138 valence electrons. The Labute approximate surface area is 152 Å². The Balaban J connectivity index is 1.68. The quantitative estimate of drug-likeness (QED) is 0.476. The lowest BCUT2D eigenvalue weighted by Gasteiger charge is -2.08. The van der Waals surface area contributed by atoms with E-state index in [9.17, 15) is 0 Å². The van der Waals surface area contributed by atoms with Gasteiger partial charge in [0.2, 0.25) is 0 Å². The minimum Gasteiger partial charge on any atom is -0.492 e. The van der Waals surface area contributed by atoms with E-state index in [1.54, 1.807) is 0 Å². The molecule has 0 unspecified atom stereocenters. The number of rotatable bonds is 13. The summed E-state index contributed by atoms with van der Waals surface area (Å²) in [4.78, 5) is 4.82. The molecule has 0 fully saturated rings. The molecule has 0 saturated heterocycles. The number of para-hydroxylation sites is 1. The molecule has 0 aliphatic heterocycles. The van der Waals surface area contributed by atoms with Crippen molar-refractivity contribution in [2.75, 3.05) is 13.2 Å². The first kappa shape index (κ1) is 19.7. The minimum absolute atomic E-state index is 0.342. The van der Waals surface area contributed by atoms with Crippen LogP contribution in [0.1, 0.15) is 70.4 Å². The molecule has 1 N–H and O–H groups in total. The molecule has 1 aromatic heterocycles. The standard InChI is InChI=1S/C22H33NO2/c1-2-25-21-15-12-13-19-16-17-20(23-22(19)21)14-10-8-6-4-3-5-7-9-11-18-24/h12-13,15-17,24H,2-11,14,18H2,1H3. The van der Waals surface area contributed by atoms with Crippen molar-refractivity contribution >= 4 is 10.9 Å². The third kappa shape index (κ3) is 7.03. The van der Waals surface area contributed by atoms with Gasteiger partial charge in [0.25, 0.3) is 0 Å². The second kappa shape index (κ2) is 11.9. The zero-order valence-electron chi connectivity index (χ0n) is 15.7. The van der Waals surface area contributed by atoms with Crippen LogP contribution in [0, 0.1) is 0 Å². The van der Waals surface area contributed by atoms with Crippen LogP contribution in [-0.2, 0) is 6.42 Å². The van der Waals surface area contributed by atoms with E-state index in [1.807, 2.05) is 19.1 Å². The number of unbranched alkanes of at least 4 members (excludes halogenated alkanes) is 8. The van der Waals surface area contributed by atoms with Crippen molar-refractivity contribution in [3.8, 4) is 5.75 Å². The van der Waals surface area contributed by atoms with Crippen molar-refractivity contribution in [1.82, 2.24) is 4.98 Å². The van der Waals surface area contributed by atoms with Crippen molar-refractivity contribution in [2.24, 2.45) is 0 Å². The molecule has 25 heavy (non-hydrogen) atoms. The van der Waals surface area contributed by atoms with Crippen LogP contribution in [0.25, 0.3) is 10.9 Å². The van der Waals surface area contributed by atoms with Crippen LogP contribution in [0.4, 0.5) is 0 Å². The molecule has 3 nitrogen and oxygen atoms in total. The summed E-state index contributed by atoms with van der Waals surface area (Å²) in [6.45, 7) is 3.02. The second-order valence-electron chi connectivity index (χ2n) is 6.72. The highest BCUT2D eigenvalue weighted by molar-refractivity contribution is 5.84. The van der Waals surface area contributed by atoms with Crippen LogP contribution in [0.5, 0.6) is 5.75 Å². The van der Waals surface area contributed by atoms with Gasteiger partial charge in [-0.3, -0.25) is 0 Å². The van der Waals surface area contributed by atoms with Crippen LogP contribution in [0.15, 0.2) is 30.3 Å². The molecule has 3 heteroatoms. The summed E-state index contributed by atoms with van der Waals surface area (Å²) in [6.07, 6.45) is 12.2. The molecule has 0 bridgehead atoms. The Morgan fingerprint density at radius 1 is 0.840 bits per heavy atom. The molecule has 0 spiro atoms. The molecule has 0 aliphatic carbocycles. The fourth-order valence-electron chi connectivity index (χ4n) is 3.23. The van der Waals surface area contributed by atoms with Crippen LogP contribution < -0.4 is 4.74 Å². The number of ether oxygens (including phenoxy) is 1. The predicted molar refractivity (Wildman–Crippen MR) is 105 cm³/mol. The van der Waals surface area contributed by atoms with E-state index in [1.165, 1.54) is 57.1 Å². The number of pyridine rings is 1. The highest BCUT2D eigenvalue weighted by atomic mass is 16.5. The molecule has 0 atom stereocenters. The van der Waals surface area contributed by atoms with Crippen molar-refractivity contribution < 1.29 is 9.84 Å². The van der Waals surface area contributed by atoms with E-state index < -0.39 is 0 Å². The fourth-order valence-corrected chi connectivity index (χ4v) is 3.23. The van der Waals surface area contributed by atoms with Gasteiger partial charge in [-0.1, -0.05) is 63.1 Å². The molecule has 1 heterocycles. The summed E-state index contributed by atoms with van der Waals surface area (Å²) in [5.74, 6) is 0.892. The molecular weight excluding hydrogens is 310 g/mol. The van der Waals surface area contributed by atoms with Gasteiger partial charge in [-0.15, -0.1) is 0 Å². The van der Waals surface area contributed by atoms with Gasteiger partial charge in [-0.25, -0.2) is 4.98 Å². The molecular formula is C22H33NO2. The minimum atomic E-state index is 0.342. The van der Waals surface area contributed by atoms with Gasteiger partial charge in [0.1, 0.15) is 11.3 Å². The Kier molecular flexibility index (Phi) is 9.35. The van der Waals surface area contributed by atoms with Crippen molar-refractivity contribution in [1.29, 1.82) is 0 Å². The van der Waals surface area contributed by atoms with Crippen LogP contribution in [-0.4, -0.2) is 23.3 Å². The Bertz CT molecular complexity index is 612. The van der Waals surface area contributed by atoms with Crippen molar-refractivity contribution in [3.63, 3.8) is 0 Å². The van der Waals surface area contributed by atoms with Gasteiger partial charge in [-0.2, -0.15) is 0 Å². The maximum atomic E-state index is 8.75. The zero-order valence-corrected chi connectivity index (χ0v) is 15.7. The van der Waals surface area contributed by atoms with Gasteiger partial charge in [-0.05, 0) is 38.3 Å². The Morgan fingerprint density at radius 2 is 1.52 bits per heavy atom. The average molecular weight is 344 g/mol. The van der Waals surface area contributed by atoms with E-state index in [2.05, 4.69) is 18.2 Å². The van der Waals surface area contributed by atoms with Gasteiger partial charge < -0.3 is 9.84 Å². The maximum absolute atomic E-state index is 8.75. The average Bonchev–Trinajstić information content (AvgIpc) is 2.64. The first-order valence-corrected chi connectivity index (χ1v) is 9.97. The molecule has 0 aliphatic rings. The first-order valence-electron chi connectivity index (χ1n) is 9.97.